The van der Waals surface area contributed by atoms with Crippen LogP contribution in [0.5, 0.6) is 0 Å². The molecule has 13 heavy (non-hydrogen) atoms. The summed E-state index contributed by atoms with van der Waals surface area (Å²) < 4.78 is 0. The van der Waals surface area contributed by atoms with E-state index in [-0.39, 0.29) is 0 Å². The highest BCUT2D eigenvalue weighted by Crippen LogP contribution is 2.55. The van der Waals surface area contributed by atoms with E-state index in [0.29, 0.717) is 22.6 Å². The van der Waals surface area contributed by atoms with Crippen molar-refractivity contribution in [3.05, 3.63) is 0 Å². The lowest BCUT2D eigenvalue weighted by atomic mass is 9.36. The third-order valence-electron chi connectivity index (χ3n) is 3.69. The van der Waals surface area contributed by atoms with Gasteiger partial charge >= 0.3 is 0 Å². The standard InChI is InChI=1S/C12H26B/c1-9(2)12(13-8,10(3)4)11(5,6)7/h9-10H,1-8H3. The van der Waals surface area contributed by atoms with E-state index < -0.39 is 0 Å². The van der Waals surface area contributed by atoms with Crippen LogP contribution in [0.4, 0.5) is 0 Å². The lowest BCUT2D eigenvalue weighted by Crippen LogP contribution is -2.41. The molecule has 0 fully saturated rings. The van der Waals surface area contributed by atoms with Crippen molar-refractivity contribution in [3.63, 3.8) is 0 Å². The molecule has 0 spiro atoms. The topological polar surface area (TPSA) is 0 Å². The second kappa shape index (κ2) is 4.06. The van der Waals surface area contributed by atoms with Gasteiger partial charge in [-0.25, -0.2) is 0 Å². The van der Waals surface area contributed by atoms with Gasteiger partial charge in [-0.15, -0.1) is 0 Å². The number of rotatable bonds is 3. The molecule has 0 rings (SSSR count). The average molecular weight is 181 g/mol. The molecule has 0 aliphatic carbocycles. The Morgan fingerprint density at radius 3 is 1.15 bits per heavy atom. The van der Waals surface area contributed by atoms with Crippen molar-refractivity contribution in [3.8, 4) is 0 Å². The first-order chi connectivity index (χ1) is 5.70. The summed E-state index contributed by atoms with van der Waals surface area (Å²) in [5.41, 5.74) is 0.351. The molecule has 0 saturated carbocycles. The minimum absolute atomic E-state index is 0.351. The maximum Gasteiger partial charge on any atom is 0.115 e. The molecule has 0 aliphatic rings. The maximum atomic E-state index is 2.42. The zero-order valence-corrected chi connectivity index (χ0v) is 10.7. The SMILES string of the molecule is C[B]C(C(C)C)(C(C)C)C(C)(C)C. The van der Waals surface area contributed by atoms with Gasteiger partial charge in [-0.3, -0.25) is 0 Å². The zero-order chi connectivity index (χ0) is 10.9. The Morgan fingerprint density at radius 1 is 0.846 bits per heavy atom. The van der Waals surface area contributed by atoms with Crippen LogP contribution in [-0.4, -0.2) is 7.28 Å². The van der Waals surface area contributed by atoms with Gasteiger partial charge in [0.05, 0.1) is 0 Å². The molecule has 0 aromatic rings. The predicted octanol–water partition coefficient (Wildman–Crippen LogP) is 4.26. The fourth-order valence-electron chi connectivity index (χ4n) is 3.50. The van der Waals surface area contributed by atoms with Gasteiger partial charge in [-0.1, -0.05) is 55.3 Å². The Balaban J connectivity index is 5.12. The Bertz CT molecular complexity index is 143. The van der Waals surface area contributed by atoms with E-state index in [1.807, 2.05) is 0 Å². The molecular formula is C12H26B. The molecule has 0 atom stereocenters. The lowest BCUT2D eigenvalue weighted by Gasteiger charge is -2.51. The van der Waals surface area contributed by atoms with Crippen molar-refractivity contribution >= 4 is 7.28 Å². The van der Waals surface area contributed by atoms with Crippen molar-refractivity contribution < 1.29 is 0 Å². The van der Waals surface area contributed by atoms with E-state index in [1.54, 1.807) is 0 Å². The molecule has 0 nitrogen and oxygen atoms in total. The molecule has 1 heteroatoms. The number of hydrogen-bond acceptors (Lipinski definition) is 0. The molecule has 0 aromatic heterocycles. The Kier molecular flexibility index (Phi) is 4.08. The molecule has 1 radical (unpaired) electrons. The molecule has 0 N–H and O–H groups in total. The fraction of sp³-hybridized carbons (Fsp3) is 1.00. The second-order valence-corrected chi connectivity index (χ2v) is 5.78. The monoisotopic (exact) mass is 181 g/mol. The van der Waals surface area contributed by atoms with Gasteiger partial charge in [-0.05, 0) is 22.6 Å². The lowest BCUT2D eigenvalue weighted by molar-refractivity contribution is 0.142. The molecule has 0 bridgehead atoms. The highest BCUT2D eigenvalue weighted by atomic mass is 14.4. The van der Waals surface area contributed by atoms with E-state index >= 15 is 0 Å². The van der Waals surface area contributed by atoms with Crippen LogP contribution in [0.15, 0.2) is 0 Å². The molecule has 77 valence electrons. The Morgan fingerprint density at radius 2 is 1.15 bits per heavy atom. The zero-order valence-electron chi connectivity index (χ0n) is 10.7. The molecule has 0 amide bonds. The summed E-state index contributed by atoms with van der Waals surface area (Å²) in [5.74, 6) is 1.41. The van der Waals surface area contributed by atoms with Crippen LogP contribution in [-0.2, 0) is 0 Å². The van der Waals surface area contributed by atoms with Crippen LogP contribution in [0, 0.1) is 17.3 Å². The number of hydrogen-bond donors (Lipinski definition) is 0. The first-order valence-electron chi connectivity index (χ1n) is 5.50. The maximum absolute atomic E-state index is 2.42. The highest BCUT2D eigenvalue weighted by molar-refractivity contribution is 6.38. The molecular weight excluding hydrogens is 155 g/mol. The average Bonchev–Trinajstić information content (AvgIpc) is 1.83. The second-order valence-electron chi connectivity index (χ2n) is 5.78. The van der Waals surface area contributed by atoms with Crippen LogP contribution in [0.25, 0.3) is 0 Å². The van der Waals surface area contributed by atoms with Gasteiger partial charge in [-0.2, -0.15) is 0 Å². The van der Waals surface area contributed by atoms with Crippen LogP contribution < -0.4 is 0 Å². The van der Waals surface area contributed by atoms with Gasteiger partial charge in [0.1, 0.15) is 7.28 Å². The highest BCUT2D eigenvalue weighted by Gasteiger charge is 2.44. The van der Waals surface area contributed by atoms with Gasteiger partial charge in [0.25, 0.3) is 0 Å². The first-order valence-corrected chi connectivity index (χ1v) is 5.50. The van der Waals surface area contributed by atoms with Crippen molar-refractivity contribution in [1.82, 2.24) is 0 Å². The minimum Gasteiger partial charge on any atom is -0.0914 e. The van der Waals surface area contributed by atoms with E-state index in [2.05, 4.69) is 62.6 Å². The van der Waals surface area contributed by atoms with E-state index in [0.717, 1.165) is 0 Å². The molecule has 0 aromatic carbocycles. The molecule has 0 heterocycles. The van der Waals surface area contributed by atoms with Gasteiger partial charge in [0.2, 0.25) is 0 Å². The van der Waals surface area contributed by atoms with Crippen LogP contribution in [0.3, 0.4) is 0 Å². The summed E-state index contributed by atoms with van der Waals surface area (Å²) in [5, 5.41) is 0.354. The minimum atomic E-state index is 0.351. The predicted molar refractivity (Wildman–Crippen MR) is 63.4 cm³/mol. The van der Waals surface area contributed by atoms with Crippen LogP contribution in [0.2, 0.25) is 12.1 Å². The molecule has 0 saturated heterocycles. The summed E-state index contributed by atoms with van der Waals surface area (Å²) in [6.45, 7) is 18.6. The quantitative estimate of drug-likeness (QED) is 0.571. The van der Waals surface area contributed by atoms with Crippen molar-refractivity contribution in [2.45, 2.75) is 60.6 Å². The van der Waals surface area contributed by atoms with E-state index in [1.165, 1.54) is 0 Å². The van der Waals surface area contributed by atoms with E-state index in [9.17, 15) is 0 Å². The Labute approximate surface area is 85.7 Å². The van der Waals surface area contributed by atoms with Gasteiger partial charge in [0.15, 0.2) is 0 Å². The Hall–Kier alpha value is 0.0649. The van der Waals surface area contributed by atoms with Crippen molar-refractivity contribution in [2.24, 2.45) is 17.3 Å². The largest absolute Gasteiger partial charge is 0.115 e. The summed E-state index contributed by atoms with van der Waals surface area (Å²) in [4.78, 5) is 0. The summed E-state index contributed by atoms with van der Waals surface area (Å²) in [6, 6.07) is 0. The van der Waals surface area contributed by atoms with Crippen molar-refractivity contribution in [1.29, 1.82) is 0 Å². The van der Waals surface area contributed by atoms with E-state index in [4.69, 9.17) is 0 Å². The molecule has 0 aliphatic heterocycles. The fourth-order valence-corrected chi connectivity index (χ4v) is 3.50. The van der Waals surface area contributed by atoms with Gasteiger partial charge in [0, 0.05) is 0 Å². The smallest absolute Gasteiger partial charge is 0.0914 e. The summed E-state index contributed by atoms with van der Waals surface area (Å²) >= 11 is 0. The first kappa shape index (κ1) is 13.1. The van der Waals surface area contributed by atoms with Gasteiger partial charge < -0.3 is 0 Å². The van der Waals surface area contributed by atoms with Crippen LogP contribution in [0.1, 0.15) is 48.5 Å². The third-order valence-corrected chi connectivity index (χ3v) is 3.69. The van der Waals surface area contributed by atoms with Crippen LogP contribution >= 0.6 is 0 Å². The third kappa shape index (κ3) is 2.11. The summed E-state index contributed by atoms with van der Waals surface area (Å²) in [6.07, 6.45) is 0. The summed E-state index contributed by atoms with van der Waals surface area (Å²) in [7, 11) is 2.42. The molecule has 0 unspecified atom stereocenters. The van der Waals surface area contributed by atoms with Crippen molar-refractivity contribution in [2.75, 3.05) is 0 Å². The normalized spacial score (nSPS) is 14.0.